The number of nitrogens with zero attached hydrogens (tertiary/aromatic N) is 2. The average molecular weight is 439 g/mol. The molecule has 0 amide bonds. The molecule has 0 unspecified atom stereocenters. The van der Waals surface area contributed by atoms with E-state index < -0.39 is 4.92 Å². The molecule has 0 aromatic heterocycles. The maximum absolute atomic E-state index is 10.9. The van der Waals surface area contributed by atoms with Crippen LogP contribution in [0.15, 0.2) is 60.7 Å². The molecule has 0 atom stereocenters. The van der Waals surface area contributed by atoms with Gasteiger partial charge in [0.05, 0.1) is 26.6 Å². The van der Waals surface area contributed by atoms with E-state index >= 15 is 0 Å². The molecule has 0 heterocycles. The van der Waals surface area contributed by atoms with Crippen LogP contribution in [-0.4, -0.2) is 4.92 Å². The number of nitro groups is 1. The fraction of sp³-hybridized carbons (Fsp3) is 0.0870. The molecule has 0 saturated carbocycles. The Labute approximate surface area is 183 Å². The van der Waals surface area contributed by atoms with E-state index in [1.165, 1.54) is 12.1 Å². The number of rotatable bonds is 6. The highest BCUT2D eigenvalue weighted by Gasteiger charge is 2.12. The third-order valence-electron chi connectivity index (χ3n) is 4.32. The molecule has 0 saturated heterocycles. The van der Waals surface area contributed by atoms with Crippen LogP contribution >= 0.6 is 23.2 Å². The first-order chi connectivity index (χ1) is 14.4. The Bertz CT molecular complexity index is 1140. The van der Waals surface area contributed by atoms with Crippen molar-refractivity contribution in [2.45, 2.75) is 13.5 Å². The Hall–Kier alpha value is -3.33. The van der Waals surface area contributed by atoms with Crippen molar-refractivity contribution in [3.8, 4) is 11.8 Å². The first-order valence-corrected chi connectivity index (χ1v) is 9.67. The zero-order valence-corrected chi connectivity index (χ0v) is 17.4. The van der Waals surface area contributed by atoms with Crippen LogP contribution in [0, 0.1) is 28.4 Å². The van der Waals surface area contributed by atoms with E-state index in [0.29, 0.717) is 16.7 Å². The lowest BCUT2D eigenvalue weighted by Crippen LogP contribution is -1.98. The van der Waals surface area contributed by atoms with Crippen LogP contribution < -0.4 is 4.74 Å². The van der Waals surface area contributed by atoms with Gasteiger partial charge in [0.1, 0.15) is 6.61 Å². The van der Waals surface area contributed by atoms with Crippen LogP contribution in [0.4, 0.5) is 5.69 Å². The highest BCUT2D eigenvalue weighted by Crippen LogP contribution is 2.36. The summed E-state index contributed by atoms with van der Waals surface area (Å²) >= 11 is 12.7. The molecule has 3 rings (SSSR count). The van der Waals surface area contributed by atoms with Crippen molar-refractivity contribution in [1.82, 2.24) is 0 Å². The number of allylic oxidation sites excluding steroid dienone is 1. The summed E-state index contributed by atoms with van der Waals surface area (Å²) < 4.78 is 5.70. The fourth-order valence-corrected chi connectivity index (χ4v) is 3.41. The number of nitro benzene ring substituents is 1. The van der Waals surface area contributed by atoms with Gasteiger partial charge in [-0.25, -0.2) is 0 Å². The number of halogens is 2. The molecule has 3 aromatic rings. The van der Waals surface area contributed by atoms with Crippen molar-refractivity contribution >= 4 is 40.5 Å². The molecular formula is C23H16Cl2N2O3. The van der Waals surface area contributed by atoms with Crippen LogP contribution in [0.2, 0.25) is 10.0 Å². The maximum atomic E-state index is 10.9. The van der Waals surface area contributed by atoms with Crippen LogP contribution in [0.3, 0.4) is 0 Å². The number of non-ortho nitro benzene ring substituents is 1. The maximum Gasteiger partial charge on any atom is 0.269 e. The summed E-state index contributed by atoms with van der Waals surface area (Å²) in [5, 5.41) is 21.0. The third-order valence-corrected chi connectivity index (χ3v) is 4.88. The fourth-order valence-electron chi connectivity index (χ4n) is 2.80. The van der Waals surface area contributed by atoms with Crippen LogP contribution in [0.1, 0.15) is 22.3 Å². The van der Waals surface area contributed by atoms with Crippen LogP contribution in [0.5, 0.6) is 5.75 Å². The average Bonchev–Trinajstić information content (AvgIpc) is 2.72. The minimum atomic E-state index is -0.467. The molecule has 0 aliphatic carbocycles. The molecule has 3 aromatic carbocycles. The second-order valence-electron chi connectivity index (χ2n) is 6.57. The monoisotopic (exact) mass is 438 g/mol. The van der Waals surface area contributed by atoms with Gasteiger partial charge in [-0.1, -0.05) is 65.2 Å². The predicted molar refractivity (Wildman–Crippen MR) is 119 cm³/mol. The quantitative estimate of drug-likeness (QED) is 0.182. The summed E-state index contributed by atoms with van der Waals surface area (Å²) in [6.45, 7) is 2.05. The van der Waals surface area contributed by atoms with Crippen molar-refractivity contribution in [1.29, 1.82) is 5.26 Å². The molecule has 0 N–H and O–H groups in total. The number of aryl methyl sites for hydroxylation is 1. The first-order valence-electron chi connectivity index (χ1n) is 8.91. The van der Waals surface area contributed by atoms with Crippen molar-refractivity contribution in [2.24, 2.45) is 0 Å². The van der Waals surface area contributed by atoms with Gasteiger partial charge in [0.15, 0.2) is 5.75 Å². The zero-order chi connectivity index (χ0) is 21.7. The topological polar surface area (TPSA) is 76.2 Å². The van der Waals surface area contributed by atoms with Crippen molar-refractivity contribution in [3.05, 3.63) is 103 Å². The summed E-state index contributed by atoms with van der Waals surface area (Å²) in [7, 11) is 0. The highest BCUT2D eigenvalue weighted by molar-refractivity contribution is 6.37. The molecule has 0 bridgehead atoms. The Morgan fingerprint density at radius 1 is 1.13 bits per heavy atom. The molecule has 7 heteroatoms. The highest BCUT2D eigenvalue weighted by atomic mass is 35.5. The van der Waals surface area contributed by atoms with E-state index in [4.69, 9.17) is 27.9 Å². The van der Waals surface area contributed by atoms with Crippen LogP contribution in [0.25, 0.3) is 11.6 Å². The van der Waals surface area contributed by atoms with E-state index in [0.717, 1.165) is 11.1 Å². The number of nitriles is 1. The molecule has 0 fully saturated rings. The van der Waals surface area contributed by atoms with Gasteiger partial charge in [-0.05, 0) is 41.8 Å². The van der Waals surface area contributed by atoms with E-state index in [1.807, 2.05) is 31.2 Å². The Morgan fingerprint density at radius 3 is 2.40 bits per heavy atom. The molecule has 150 valence electrons. The Balaban J connectivity index is 1.83. The molecule has 0 spiro atoms. The van der Waals surface area contributed by atoms with Gasteiger partial charge in [-0.15, -0.1) is 0 Å². The van der Waals surface area contributed by atoms with Gasteiger partial charge in [0.2, 0.25) is 0 Å². The van der Waals surface area contributed by atoms with Gasteiger partial charge in [-0.3, -0.25) is 10.1 Å². The van der Waals surface area contributed by atoms with Crippen LogP contribution in [-0.2, 0) is 6.61 Å². The van der Waals surface area contributed by atoms with E-state index in [9.17, 15) is 15.4 Å². The SMILES string of the molecule is Cc1ccc(/C(C#N)=C\c2cc(Cl)c(OCc3cccc([N+](=O)[O-])c3)c(Cl)c2)cc1. The summed E-state index contributed by atoms with van der Waals surface area (Å²) in [6, 6.07) is 19.3. The van der Waals surface area contributed by atoms with Crippen molar-refractivity contribution < 1.29 is 9.66 Å². The second-order valence-corrected chi connectivity index (χ2v) is 7.38. The lowest BCUT2D eigenvalue weighted by molar-refractivity contribution is -0.384. The Kier molecular flexibility index (Phi) is 6.73. The van der Waals surface area contributed by atoms with E-state index in [2.05, 4.69) is 6.07 Å². The molecule has 30 heavy (non-hydrogen) atoms. The largest absolute Gasteiger partial charge is 0.486 e. The Morgan fingerprint density at radius 2 is 1.80 bits per heavy atom. The van der Waals surface area contributed by atoms with Crippen molar-refractivity contribution in [3.63, 3.8) is 0 Å². The molecule has 0 radical (unpaired) electrons. The number of ether oxygens (including phenoxy) is 1. The molecule has 0 aliphatic rings. The lowest BCUT2D eigenvalue weighted by atomic mass is 10.0. The van der Waals surface area contributed by atoms with Gasteiger partial charge < -0.3 is 4.74 Å². The normalized spacial score (nSPS) is 11.1. The summed E-state index contributed by atoms with van der Waals surface area (Å²) in [4.78, 5) is 10.4. The molecule has 5 nitrogen and oxygen atoms in total. The lowest BCUT2D eigenvalue weighted by Gasteiger charge is -2.11. The standard InChI is InChI=1S/C23H16Cl2N2O3/c1-15-5-7-18(8-6-15)19(13-26)9-17-11-21(24)23(22(25)12-17)30-14-16-3-2-4-20(10-16)27(28)29/h2-12H,14H2,1H3/b19-9-. The van der Waals surface area contributed by atoms with Gasteiger partial charge in [0, 0.05) is 12.1 Å². The van der Waals surface area contributed by atoms with E-state index in [-0.39, 0.29) is 28.1 Å². The molecular weight excluding hydrogens is 423 g/mol. The van der Waals surface area contributed by atoms with Gasteiger partial charge in [0.25, 0.3) is 5.69 Å². The first kappa shape index (κ1) is 21.4. The van der Waals surface area contributed by atoms with Crippen molar-refractivity contribution in [2.75, 3.05) is 0 Å². The predicted octanol–water partition coefficient (Wildman–Crippen LogP) is 6.85. The zero-order valence-electron chi connectivity index (χ0n) is 15.9. The molecule has 0 aliphatic heterocycles. The third kappa shape index (κ3) is 5.18. The summed E-state index contributed by atoms with van der Waals surface area (Å²) in [5.74, 6) is 0.274. The smallest absolute Gasteiger partial charge is 0.269 e. The minimum absolute atomic E-state index is 0.0195. The second kappa shape index (κ2) is 9.45. The number of hydrogen-bond donors (Lipinski definition) is 0. The number of hydrogen-bond acceptors (Lipinski definition) is 4. The van der Waals surface area contributed by atoms with E-state index in [1.54, 1.807) is 30.3 Å². The van der Waals surface area contributed by atoms with Gasteiger partial charge in [-0.2, -0.15) is 5.26 Å². The summed E-state index contributed by atoms with van der Waals surface area (Å²) in [6.07, 6.45) is 1.70. The van der Waals surface area contributed by atoms with Gasteiger partial charge >= 0.3 is 0 Å². The summed E-state index contributed by atoms with van der Waals surface area (Å²) in [5.41, 5.74) is 3.63. The number of benzene rings is 3. The minimum Gasteiger partial charge on any atom is -0.486 e.